The van der Waals surface area contributed by atoms with Gasteiger partial charge >= 0.3 is 18.1 Å². The van der Waals surface area contributed by atoms with Crippen LogP contribution in [0.2, 0.25) is 0 Å². The number of hydrogen-bond acceptors (Lipinski definition) is 6. The molecule has 2 aromatic carbocycles. The Labute approximate surface area is 183 Å². The molecule has 0 aliphatic heterocycles. The zero-order valence-electron chi connectivity index (χ0n) is 16.8. The van der Waals surface area contributed by atoms with Gasteiger partial charge in [-0.1, -0.05) is 24.3 Å². The molecule has 32 heavy (non-hydrogen) atoms. The van der Waals surface area contributed by atoms with Crippen LogP contribution in [0, 0.1) is 0 Å². The highest BCUT2D eigenvalue weighted by Crippen LogP contribution is 2.40. The molecule has 0 aliphatic rings. The number of rotatable bonds is 4. The zero-order valence-corrected chi connectivity index (χ0v) is 17.6. The molecule has 0 fully saturated rings. The average molecular weight is 460 g/mol. The maximum absolute atomic E-state index is 13.4. The first-order chi connectivity index (χ1) is 15.3. The topological polar surface area (TPSA) is 70.4 Å². The lowest BCUT2D eigenvalue weighted by Gasteiger charge is -2.07. The second-order valence-corrected chi connectivity index (χ2v) is 7.57. The highest BCUT2D eigenvalue weighted by molar-refractivity contribution is 7.17. The fraction of sp³-hybridized carbons (Fsp3) is 0.136. The SMILES string of the molecule is COC(=O)c1c(-c2ccc3scc(C(F)(F)F)c3c2)nn(-c2ccccc2)c1C(=O)OC. The minimum absolute atomic E-state index is 0.00216. The predicted octanol–water partition coefficient (Wildman–Crippen LogP) is 5.35. The standard InChI is InChI=1S/C22H15F3N2O4S/c1-30-20(28)17-18(12-8-9-16-14(10-12)15(11-32-16)22(23,24)25)26-27(19(17)21(29)31-2)13-6-4-3-5-7-13/h3-11H,1-2H3. The fourth-order valence-electron chi connectivity index (χ4n) is 3.35. The van der Waals surface area contributed by atoms with E-state index in [-0.39, 0.29) is 27.9 Å². The molecule has 164 valence electrons. The van der Waals surface area contributed by atoms with Crippen LogP contribution in [0.5, 0.6) is 0 Å². The second-order valence-electron chi connectivity index (χ2n) is 6.66. The molecule has 0 spiro atoms. The Morgan fingerprint density at radius 2 is 1.69 bits per heavy atom. The lowest BCUT2D eigenvalue weighted by molar-refractivity contribution is -0.136. The number of hydrogen-bond donors (Lipinski definition) is 0. The van der Waals surface area contributed by atoms with Crippen LogP contribution in [0.4, 0.5) is 13.2 Å². The Balaban J connectivity index is 2.03. The van der Waals surface area contributed by atoms with Crippen LogP contribution in [0.25, 0.3) is 27.0 Å². The maximum Gasteiger partial charge on any atom is 0.417 e. The number of alkyl halides is 3. The normalized spacial score (nSPS) is 11.5. The van der Waals surface area contributed by atoms with Crippen LogP contribution in [0.15, 0.2) is 53.9 Å². The number of para-hydroxylation sites is 1. The van der Waals surface area contributed by atoms with Crippen LogP contribution in [-0.2, 0) is 15.7 Å². The van der Waals surface area contributed by atoms with Gasteiger partial charge in [0.25, 0.3) is 0 Å². The Morgan fingerprint density at radius 3 is 2.31 bits per heavy atom. The molecule has 0 amide bonds. The molecular weight excluding hydrogens is 445 g/mol. The van der Waals surface area contributed by atoms with Gasteiger partial charge in [-0.15, -0.1) is 11.3 Å². The molecule has 10 heteroatoms. The van der Waals surface area contributed by atoms with Crippen LogP contribution < -0.4 is 0 Å². The number of thiophene rings is 1. The molecule has 6 nitrogen and oxygen atoms in total. The van der Waals surface area contributed by atoms with Gasteiger partial charge in [0, 0.05) is 21.0 Å². The summed E-state index contributed by atoms with van der Waals surface area (Å²) in [5.74, 6) is -1.72. The van der Waals surface area contributed by atoms with E-state index in [0.717, 1.165) is 30.9 Å². The van der Waals surface area contributed by atoms with E-state index in [1.807, 2.05) is 0 Å². The molecule has 0 unspecified atom stereocenters. The van der Waals surface area contributed by atoms with Crippen molar-refractivity contribution in [2.75, 3.05) is 14.2 Å². The molecule has 4 rings (SSSR count). The Kier molecular flexibility index (Phi) is 5.47. The first-order valence-electron chi connectivity index (χ1n) is 9.20. The number of methoxy groups -OCH3 is 2. The maximum atomic E-state index is 13.4. The summed E-state index contributed by atoms with van der Waals surface area (Å²) in [6, 6.07) is 12.9. The molecule has 0 N–H and O–H groups in total. The molecule has 0 aliphatic carbocycles. The third-order valence-corrected chi connectivity index (χ3v) is 5.77. The third-order valence-electron chi connectivity index (χ3n) is 4.81. The van der Waals surface area contributed by atoms with Gasteiger partial charge in [-0.2, -0.15) is 18.3 Å². The summed E-state index contributed by atoms with van der Waals surface area (Å²) in [6.45, 7) is 0. The molecule has 0 radical (unpaired) electrons. The summed E-state index contributed by atoms with van der Waals surface area (Å²) >= 11 is 0.962. The van der Waals surface area contributed by atoms with Crippen LogP contribution in [0.1, 0.15) is 26.4 Å². The number of halogens is 3. The molecule has 4 aromatic rings. The Hall–Kier alpha value is -3.66. The fourth-order valence-corrected chi connectivity index (χ4v) is 4.30. The van der Waals surface area contributed by atoms with Crippen molar-refractivity contribution in [3.63, 3.8) is 0 Å². The number of fused-ring (bicyclic) bond motifs is 1. The first-order valence-corrected chi connectivity index (χ1v) is 10.1. The summed E-state index contributed by atoms with van der Waals surface area (Å²) in [7, 11) is 2.29. The van der Waals surface area contributed by atoms with Gasteiger partial charge in [-0.05, 0) is 24.3 Å². The highest BCUT2D eigenvalue weighted by Gasteiger charge is 2.35. The van der Waals surface area contributed by atoms with Gasteiger partial charge in [-0.3, -0.25) is 0 Å². The van der Waals surface area contributed by atoms with E-state index in [2.05, 4.69) is 5.10 Å². The summed E-state index contributed by atoms with van der Waals surface area (Å²) in [6.07, 6.45) is -4.54. The molecule has 2 heterocycles. The van der Waals surface area contributed by atoms with Gasteiger partial charge in [0.05, 0.1) is 25.5 Å². The monoisotopic (exact) mass is 460 g/mol. The number of benzene rings is 2. The number of carbonyl (C=O) groups excluding carboxylic acids is 2. The quantitative estimate of drug-likeness (QED) is 0.384. The van der Waals surface area contributed by atoms with Gasteiger partial charge in [-0.25, -0.2) is 14.3 Å². The van der Waals surface area contributed by atoms with Crippen molar-refractivity contribution in [1.29, 1.82) is 0 Å². The lowest BCUT2D eigenvalue weighted by Crippen LogP contribution is -2.15. The van der Waals surface area contributed by atoms with E-state index in [1.54, 1.807) is 36.4 Å². The number of aromatic nitrogens is 2. The van der Waals surface area contributed by atoms with Gasteiger partial charge in [0.15, 0.2) is 5.69 Å². The smallest absolute Gasteiger partial charge is 0.417 e. The van der Waals surface area contributed by atoms with Crippen molar-refractivity contribution < 1.29 is 32.2 Å². The van der Waals surface area contributed by atoms with Gasteiger partial charge in [0.2, 0.25) is 0 Å². The minimum atomic E-state index is -4.54. The number of carbonyl (C=O) groups is 2. The Morgan fingerprint density at radius 1 is 1.00 bits per heavy atom. The summed E-state index contributed by atoms with van der Waals surface area (Å²) in [5, 5.41) is 5.43. The number of nitrogens with zero attached hydrogens (tertiary/aromatic N) is 2. The van der Waals surface area contributed by atoms with Crippen LogP contribution in [0.3, 0.4) is 0 Å². The van der Waals surface area contributed by atoms with E-state index in [0.29, 0.717) is 10.4 Å². The molecule has 0 saturated heterocycles. The first kappa shape index (κ1) is 21.6. The lowest BCUT2D eigenvalue weighted by atomic mass is 10.0. The highest BCUT2D eigenvalue weighted by atomic mass is 32.1. The average Bonchev–Trinajstić information content (AvgIpc) is 3.40. The second kappa shape index (κ2) is 8.12. The van der Waals surface area contributed by atoms with Crippen molar-refractivity contribution in [2.45, 2.75) is 6.18 Å². The van der Waals surface area contributed by atoms with E-state index >= 15 is 0 Å². The van der Waals surface area contributed by atoms with Crippen molar-refractivity contribution >= 4 is 33.4 Å². The zero-order chi connectivity index (χ0) is 23.0. The van der Waals surface area contributed by atoms with Gasteiger partial charge in [0.1, 0.15) is 11.3 Å². The van der Waals surface area contributed by atoms with E-state index in [9.17, 15) is 22.8 Å². The largest absolute Gasteiger partial charge is 0.465 e. The molecule has 0 atom stereocenters. The summed E-state index contributed by atoms with van der Waals surface area (Å²) < 4.78 is 51.7. The summed E-state index contributed by atoms with van der Waals surface area (Å²) in [4.78, 5) is 25.3. The van der Waals surface area contributed by atoms with Crippen molar-refractivity contribution in [3.05, 3.63) is 70.7 Å². The van der Waals surface area contributed by atoms with Crippen LogP contribution >= 0.6 is 11.3 Å². The van der Waals surface area contributed by atoms with Crippen LogP contribution in [-0.4, -0.2) is 35.9 Å². The summed E-state index contributed by atoms with van der Waals surface area (Å²) in [5.41, 5.74) is -0.496. The molecule has 2 aromatic heterocycles. The molecular formula is C22H15F3N2O4S. The van der Waals surface area contributed by atoms with Gasteiger partial charge < -0.3 is 9.47 Å². The third kappa shape index (κ3) is 3.62. The van der Waals surface area contributed by atoms with Crippen molar-refractivity contribution in [1.82, 2.24) is 9.78 Å². The van der Waals surface area contributed by atoms with Crippen molar-refractivity contribution in [3.8, 4) is 16.9 Å². The number of ether oxygens (including phenoxy) is 2. The van der Waals surface area contributed by atoms with E-state index in [4.69, 9.17) is 9.47 Å². The minimum Gasteiger partial charge on any atom is -0.465 e. The number of esters is 2. The molecule has 0 saturated carbocycles. The van der Waals surface area contributed by atoms with E-state index < -0.39 is 23.7 Å². The Bertz CT molecular complexity index is 1330. The molecule has 0 bridgehead atoms. The van der Waals surface area contributed by atoms with Crippen molar-refractivity contribution in [2.24, 2.45) is 0 Å². The predicted molar refractivity (Wildman–Crippen MR) is 112 cm³/mol. The van der Waals surface area contributed by atoms with E-state index in [1.165, 1.54) is 16.8 Å².